The van der Waals surface area contributed by atoms with Crippen LogP contribution in [0.5, 0.6) is 0 Å². The van der Waals surface area contributed by atoms with Crippen LogP contribution in [0.25, 0.3) is 0 Å². The first-order chi connectivity index (χ1) is 14.9. The van der Waals surface area contributed by atoms with Crippen molar-refractivity contribution in [2.75, 3.05) is 26.2 Å². The summed E-state index contributed by atoms with van der Waals surface area (Å²) < 4.78 is 32.3. The first kappa shape index (κ1) is 25.0. The van der Waals surface area contributed by atoms with Gasteiger partial charge in [0.25, 0.3) is 0 Å². The number of nitrogens with one attached hydrogen (secondary N) is 1. The van der Waals surface area contributed by atoms with Crippen LogP contribution in [-0.2, 0) is 26.0 Å². The van der Waals surface area contributed by atoms with Crippen LogP contribution in [0.3, 0.4) is 0 Å². The molecule has 7 heteroatoms. The van der Waals surface area contributed by atoms with Gasteiger partial charge in [0.05, 0.1) is 11.0 Å². The van der Waals surface area contributed by atoms with Gasteiger partial charge in [-0.3, -0.25) is 4.79 Å². The largest absolute Gasteiger partial charge is 0.374 e. The molecule has 0 aromatic heterocycles. The van der Waals surface area contributed by atoms with Gasteiger partial charge in [-0.15, -0.1) is 0 Å². The average Bonchev–Trinajstić information content (AvgIpc) is 2.78. The Morgan fingerprint density at radius 3 is 2.29 bits per heavy atom. The number of rotatable bonds is 13. The van der Waals surface area contributed by atoms with Gasteiger partial charge in [-0.25, -0.2) is 8.42 Å². The molecular weight excluding hydrogens is 412 g/mol. The molecule has 0 spiro atoms. The van der Waals surface area contributed by atoms with Crippen molar-refractivity contribution < 1.29 is 17.9 Å². The Hall–Kier alpha value is -2.22. The maximum Gasteiger partial charge on any atom is 0.243 e. The van der Waals surface area contributed by atoms with Crippen molar-refractivity contribution in [1.29, 1.82) is 0 Å². The van der Waals surface area contributed by atoms with E-state index in [1.807, 2.05) is 51.1 Å². The van der Waals surface area contributed by atoms with E-state index < -0.39 is 10.0 Å². The third kappa shape index (κ3) is 7.76. The number of carbonyl (C=O) groups is 1. The van der Waals surface area contributed by atoms with E-state index in [4.69, 9.17) is 4.74 Å². The summed E-state index contributed by atoms with van der Waals surface area (Å²) >= 11 is 0. The van der Waals surface area contributed by atoms with Crippen molar-refractivity contribution >= 4 is 15.9 Å². The summed E-state index contributed by atoms with van der Waals surface area (Å²) in [6.45, 7) is 7.70. The van der Waals surface area contributed by atoms with Gasteiger partial charge >= 0.3 is 0 Å². The molecule has 6 nitrogen and oxygen atoms in total. The van der Waals surface area contributed by atoms with Gasteiger partial charge in [0.2, 0.25) is 15.9 Å². The Balaban J connectivity index is 1.68. The van der Waals surface area contributed by atoms with Crippen LogP contribution in [0.2, 0.25) is 0 Å². The van der Waals surface area contributed by atoms with Crippen LogP contribution in [-0.4, -0.2) is 44.9 Å². The van der Waals surface area contributed by atoms with Gasteiger partial charge < -0.3 is 10.1 Å². The Kier molecular flexibility index (Phi) is 10.2. The number of amides is 1. The molecule has 0 radical (unpaired) electrons. The topological polar surface area (TPSA) is 75.7 Å². The summed E-state index contributed by atoms with van der Waals surface area (Å²) in [6.07, 6.45) is 1.72. The summed E-state index contributed by atoms with van der Waals surface area (Å²) in [6, 6.07) is 16.8. The van der Waals surface area contributed by atoms with Crippen molar-refractivity contribution in [3.05, 3.63) is 65.7 Å². The number of aryl methyl sites for hydroxylation is 1. The number of nitrogens with zero attached hydrogens (tertiary/aromatic N) is 1. The maximum absolute atomic E-state index is 12.5. The molecule has 0 aliphatic rings. The molecule has 0 aliphatic heterocycles. The number of benzene rings is 2. The number of hydrogen-bond acceptors (Lipinski definition) is 4. The molecule has 0 bridgehead atoms. The predicted octanol–water partition coefficient (Wildman–Crippen LogP) is 3.93. The normalized spacial score (nSPS) is 12.6. The molecule has 2 aromatic carbocycles. The maximum atomic E-state index is 12.5. The summed E-state index contributed by atoms with van der Waals surface area (Å²) in [5.41, 5.74) is 2.08. The van der Waals surface area contributed by atoms with Crippen molar-refractivity contribution in [2.24, 2.45) is 0 Å². The van der Waals surface area contributed by atoms with E-state index in [0.717, 1.165) is 17.5 Å². The quantitative estimate of drug-likeness (QED) is 0.473. The fourth-order valence-corrected chi connectivity index (χ4v) is 4.73. The first-order valence-electron chi connectivity index (χ1n) is 10.9. The Morgan fingerprint density at radius 1 is 1.03 bits per heavy atom. The van der Waals surface area contributed by atoms with E-state index in [1.54, 1.807) is 24.3 Å². The molecule has 0 saturated heterocycles. The van der Waals surface area contributed by atoms with Crippen LogP contribution in [0, 0.1) is 0 Å². The lowest BCUT2D eigenvalue weighted by molar-refractivity contribution is -0.121. The van der Waals surface area contributed by atoms with Crippen LogP contribution in [0.4, 0.5) is 0 Å². The van der Waals surface area contributed by atoms with Crippen molar-refractivity contribution in [3.8, 4) is 0 Å². The van der Waals surface area contributed by atoms with Gasteiger partial charge in [-0.2, -0.15) is 4.31 Å². The van der Waals surface area contributed by atoms with Gasteiger partial charge in [0, 0.05) is 32.7 Å². The molecule has 1 atom stereocenters. The van der Waals surface area contributed by atoms with E-state index >= 15 is 0 Å². The molecule has 0 heterocycles. The molecule has 1 amide bonds. The summed E-state index contributed by atoms with van der Waals surface area (Å²) in [5, 5.41) is 2.91. The van der Waals surface area contributed by atoms with Gasteiger partial charge in [-0.05, 0) is 43.0 Å². The fraction of sp³-hybridized carbons (Fsp3) is 0.458. The third-order valence-corrected chi connectivity index (χ3v) is 7.25. The van der Waals surface area contributed by atoms with Crippen LogP contribution in [0.15, 0.2) is 59.5 Å². The molecule has 170 valence electrons. The lowest BCUT2D eigenvalue weighted by Crippen LogP contribution is -2.30. The molecular formula is C24H34N2O4S. The van der Waals surface area contributed by atoms with E-state index in [2.05, 4.69) is 5.32 Å². The zero-order valence-corrected chi connectivity index (χ0v) is 19.5. The molecule has 2 rings (SSSR count). The second-order valence-corrected chi connectivity index (χ2v) is 9.30. The molecule has 1 unspecified atom stereocenters. The molecule has 31 heavy (non-hydrogen) atoms. The van der Waals surface area contributed by atoms with Gasteiger partial charge in [-0.1, -0.05) is 56.3 Å². The molecule has 0 fully saturated rings. The Morgan fingerprint density at radius 2 is 1.68 bits per heavy atom. The number of hydrogen-bond donors (Lipinski definition) is 1. The second kappa shape index (κ2) is 12.6. The highest BCUT2D eigenvalue weighted by Gasteiger charge is 2.21. The Labute approximate surface area is 186 Å². The van der Waals surface area contributed by atoms with Crippen LogP contribution >= 0.6 is 0 Å². The predicted molar refractivity (Wildman–Crippen MR) is 123 cm³/mol. The highest BCUT2D eigenvalue weighted by atomic mass is 32.2. The first-order valence-corrected chi connectivity index (χ1v) is 12.3. The lowest BCUT2D eigenvalue weighted by Gasteiger charge is -2.18. The summed E-state index contributed by atoms with van der Waals surface area (Å²) in [7, 11) is -3.45. The molecule has 1 N–H and O–H groups in total. The molecule has 2 aromatic rings. The number of carbonyl (C=O) groups excluding carboxylic acids is 1. The standard InChI is InChI=1S/C24H34N2O4S/c1-4-26(5-2)31(28,29)23-15-12-21(13-16-23)14-17-24(27)25-18-9-19-30-20(3)22-10-7-6-8-11-22/h6-8,10-13,15-16,20H,4-5,9,14,17-19H2,1-3H3,(H,25,27). The second-order valence-electron chi connectivity index (χ2n) is 7.36. The van der Waals surface area contributed by atoms with Crippen molar-refractivity contribution in [1.82, 2.24) is 9.62 Å². The van der Waals surface area contributed by atoms with Crippen molar-refractivity contribution in [3.63, 3.8) is 0 Å². The zero-order chi connectivity index (χ0) is 22.7. The number of sulfonamides is 1. The van der Waals surface area contributed by atoms with E-state index in [-0.39, 0.29) is 16.9 Å². The highest BCUT2D eigenvalue weighted by molar-refractivity contribution is 7.89. The third-order valence-electron chi connectivity index (χ3n) is 5.19. The average molecular weight is 447 g/mol. The summed E-state index contributed by atoms with van der Waals surface area (Å²) in [4.78, 5) is 12.4. The minimum absolute atomic E-state index is 0.0176. The molecule has 0 aliphatic carbocycles. The zero-order valence-electron chi connectivity index (χ0n) is 18.7. The monoisotopic (exact) mass is 446 g/mol. The van der Waals surface area contributed by atoms with E-state index in [9.17, 15) is 13.2 Å². The smallest absolute Gasteiger partial charge is 0.243 e. The van der Waals surface area contributed by atoms with Crippen LogP contribution in [0.1, 0.15) is 50.8 Å². The van der Waals surface area contributed by atoms with Gasteiger partial charge in [0.15, 0.2) is 0 Å². The molecule has 0 saturated carbocycles. The van der Waals surface area contributed by atoms with Gasteiger partial charge in [0.1, 0.15) is 0 Å². The fourth-order valence-electron chi connectivity index (χ4n) is 3.27. The van der Waals surface area contributed by atoms with Crippen molar-refractivity contribution in [2.45, 2.75) is 51.0 Å². The minimum Gasteiger partial charge on any atom is -0.374 e. The SMILES string of the molecule is CCN(CC)S(=O)(=O)c1ccc(CCC(=O)NCCCOC(C)c2ccccc2)cc1. The summed E-state index contributed by atoms with van der Waals surface area (Å²) in [5.74, 6) is -0.0176. The highest BCUT2D eigenvalue weighted by Crippen LogP contribution is 2.17. The minimum atomic E-state index is -3.45. The Bertz CT molecular complexity index is 895. The number of ether oxygens (including phenoxy) is 1. The van der Waals surface area contributed by atoms with Crippen LogP contribution < -0.4 is 5.32 Å². The van der Waals surface area contributed by atoms with E-state index in [1.165, 1.54) is 4.31 Å². The lowest BCUT2D eigenvalue weighted by atomic mass is 10.1. The van der Waals surface area contributed by atoms with E-state index in [0.29, 0.717) is 39.1 Å².